The highest BCUT2D eigenvalue weighted by Gasteiger charge is 2.26. The fourth-order valence-electron chi connectivity index (χ4n) is 1.43. The van der Waals surface area contributed by atoms with E-state index in [-0.39, 0.29) is 16.8 Å². The maximum absolute atomic E-state index is 9.26. The van der Waals surface area contributed by atoms with E-state index in [9.17, 15) is 5.11 Å². The topological polar surface area (TPSA) is 41.5 Å². The first-order chi connectivity index (χ1) is 6.70. The molecule has 0 bridgehead atoms. The molecule has 0 fully saturated rings. The Morgan fingerprint density at radius 3 is 3.14 bits per heavy atom. The molecule has 0 aliphatic carbocycles. The predicted octanol–water partition coefficient (Wildman–Crippen LogP) is 2.70. The van der Waals surface area contributed by atoms with Gasteiger partial charge in [0.05, 0.1) is 10.5 Å². The molecule has 2 atom stereocenters. The van der Waals surface area contributed by atoms with Crippen LogP contribution in [-0.2, 0) is 0 Å². The molecule has 2 rings (SSSR count). The third-order valence-corrected chi connectivity index (χ3v) is 3.36. The average molecular weight is 258 g/mol. The van der Waals surface area contributed by atoms with Crippen molar-refractivity contribution in [1.82, 2.24) is 0 Å². The molecule has 0 amide bonds. The zero-order chi connectivity index (χ0) is 10.1. The molecule has 14 heavy (non-hydrogen) atoms. The highest BCUT2D eigenvalue weighted by atomic mass is 79.9. The molecule has 0 saturated carbocycles. The molecule has 2 unspecified atom stereocenters. The molecule has 3 nitrogen and oxygen atoms in total. The summed E-state index contributed by atoms with van der Waals surface area (Å²) in [5, 5.41) is 12.5. The lowest BCUT2D eigenvalue weighted by molar-refractivity contribution is 0.248. The third-order valence-electron chi connectivity index (χ3n) is 2.24. The summed E-state index contributed by atoms with van der Waals surface area (Å²) in [6.45, 7) is 2.09. The van der Waals surface area contributed by atoms with E-state index in [0.717, 1.165) is 12.1 Å². The molecule has 2 N–H and O–H groups in total. The van der Waals surface area contributed by atoms with Crippen LogP contribution in [0.3, 0.4) is 0 Å². The van der Waals surface area contributed by atoms with E-state index < -0.39 is 0 Å². The standard InChI is InChI=1S/C10H12BrNO2/c1-2-7(11)10-12-8-4-3-6(13)5-9(8)14-10/h3-5,7,10,12-13H,2H2,1H3. The number of nitrogens with one attached hydrogen (secondary N) is 1. The van der Waals surface area contributed by atoms with Crippen LogP contribution in [0.5, 0.6) is 11.5 Å². The zero-order valence-electron chi connectivity index (χ0n) is 7.83. The number of aromatic hydroxyl groups is 1. The molecule has 0 aromatic heterocycles. The number of rotatable bonds is 2. The normalized spacial score (nSPS) is 20.9. The van der Waals surface area contributed by atoms with Crippen molar-refractivity contribution in [3.8, 4) is 11.5 Å². The van der Waals surface area contributed by atoms with Gasteiger partial charge in [-0.2, -0.15) is 0 Å². The highest BCUT2D eigenvalue weighted by molar-refractivity contribution is 9.09. The molecule has 1 aromatic rings. The molecule has 4 heteroatoms. The second-order valence-electron chi connectivity index (χ2n) is 3.29. The van der Waals surface area contributed by atoms with Gasteiger partial charge in [0.15, 0.2) is 6.23 Å². The molecule has 1 aromatic carbocycles. The lowest BCUT2D eigenvalue weighted by Crippen LogP contribution is -2.30. The quantitative estimate of drug-likeness (QED) is 0.633. The van der Waals surface area contributed by atoms with Gasteiger partial charge in [-0.25, -0.2) is 0 Å². The fraction of sp³-hybridized carbons (Fsp3) is 0.400. The van der Waals surface area contributed by atoms with E-state index in [1.807, 2.05) is 6.07 Å². The smallest absolute Gasteiger partial charge is 0.182 e. The summed E-state index contributed by atoms with van der Waals surface area (Å²) in [6.07, 6.45) is 0.939. The molecular weight excluding hydrogens is 246 g/mol. The van der Waals surface area contributed by atoms with E-state index in [0.29, 0.717) is 5.75 Å². The van der Waals surface area contributed by atoms with Crippen LogP contribution in [0.15, 0.2) is 18.2 Å². The maximum atomic E-state index is 9.26. The van der Waals surface area contributed by atoms with Crippen molar-refractivity contribution in [3.63, 3.8) is 0 Å². The van der Waals surface area contributed by atoms with Crippen molar-refractivity contribution in [3.05, 3.63) is 18.2 Å². The van der Waals surface area contributed by atoms with Gasteiger partial charge in [-0.3, -0.25) is 0 Å². The number of alkyl halides is 1. The van der Waals surface area contributed by atoms with E-state index in [1.165, 1.54) is 0 Å². The first-order valence-corrected chi connectivity index (χ1v) is 5.52. The van der Waals surface area contributed by atoms with E-state index >= 15 is 0 Å². The molecule has 76 valence electrons. The first-order valence-electron chi connectivity index (χ1n) is 4.61. The zero-order valence-corrected chi connectivity index (χ0v) is 9.41. The van der Waals surface area contributed by atoms with Gasteiger partial charge in [-0.05, 0) is 18.6 Å². The lowest BCUT2D eigenvalue weighted by atomic mass is 10.3. The van der Waals surface area contributed by atoms with Crippen molar-refractivity contribution < 1.29 is 9.84 Å². The Labute approximate surface area is 91.2 Å². The predicted molar refractivity (Wildman–Crippen MR) is 59.2 cm³/mol. The minimum Gasteiger partial charge on any atom is -0.508 e. The number of phenolic OH excluding ortho intramolecular Hbond substituents is 1. The first kappa shape index (κ1) is 9.65. The highest BCUT2D eigenvalue weighted by Crippen LogP contribution is 2.36. The molecule has 0 radical (unpaired) electrons. The number of fused-ring (bicyclic) bond motifs is 1. The molecule has 0 spiro atoms. The number of benzene rings is 1. The number of hydrogen-bond acceptors (Lipinski definition) is 3. The second-order valence-corrected chi connectivity index (χ2v) is 4.46. The van der Waals surface area contributed by atoms with Crippen molar-refractivity contribution in [2.24, 2.45) is 0 Å². The Balaban J connectivity index is 2.17. The van der Waals surface area contributed by atoms with Crippen LogP contribution in [0.4, 0.5) is 5.69 Å². The van der Waals surface area contributed by atoms with Crippen LogP contribution in [0.25, 0.3) is 0 Å². The van der Waals surface area contributed by atoms with E-state index in [1.54, 1.807) is 12.1 Å². The van der Waals surface area contributed by atoms with E-state index in [2.05, 4.69) is 28.2 Å². The fourth-order valence-corrected chi connectivity index (χ4v) is 1.67. The minimum atomic E-state index is -0.0446. The van der Waals surface area contributed by atoms with Gasteiger partial charge in [0, 0.05) is 6.07 Å². The number of halogens is 1. The molecule has 0 saturated heterocycles. The Hall–Kier alpha value is -0.900. The summed E-state index contributed by atoms with van der Waals surface area (Å²) >= 11 is 3.53. The van der Waals surface area contributed by atoms with Crippen LogP contribution >= 0.6 is 15.9 Å². The van der Waals surface area contributed by atoms with Crippen LogP contribution < -0.4 is 10.1 Å². The van der Waals surface area contributed by atoms with Gasteiger partial charge in [-0.1, -0.05) is 22.9 Å². The van der Waals surface area contributed by atoms with Crippen LogP contribution in [0.1, 0.15) is 13.3 Å². The summed E-state index contributed by atoms with van der Waals surface area (Å²) in [6, 6.07) is 5.09. The van der Waals surface area contributed by atoms with Gasteiger partial charge >= 0.3 is 0 Å². The lowest BCUT2D eigenvalue weighted by Gasteiger charge is -2.15. The number of phenols is 1. The summed E-state index contributed by atoms with van der Waals surface area (Å²) in [5.74, 6) is 0.946. The van der Waals surface area contributed by atoms with Crippen molar-refractivity contribution in [1.29, 1.82) is 0 Å². The van der Waals surface area contributed by atoms with Crippen molar-refractivity contribution >= 4 is 21.6 Å². The Morgan fingerprint density at radius 2 is 2.43 bits per heavy atom. The minimum absolute atomic E-state index is 0.0446. The Morgan fingerprint density at radius 1 is 1.64 bits per heavy atom. The maximum Gasteiger partial charge on any atom is 0.182 e. The van der Waals surface area contributed by atoms with Gasteiger partial charge < -0.3 is 15.2 Å². The largest absolute Gasteiger partial charge is 0.508 e. The molecule has 1 heterocycles. The van der Waals surface area contributed by atoms with Crippen molar-refractivity contribution in [2.75, 3.05) is 5.32 Å². The van der Waals surface area contributed by atoms with Crippen LogP contribution in [0.2, 0.25) is 0 Å². The third kappa shape index (κ3) is 1.66. The monoisotopic (exact) mass is 257 g/mol. The van der Waals surface area contributed by atoms with Gasteiger partial charge in [-0.15, -0.1) is 0 Å². The number of anilines is 1. The summed E-state index contributed by atoms with van der Waals surface area (Å²) in [5.41, 5.74) is 0.936. The number of hydrogen-bond donors (Lipinski definition) is 2. The van der Waals surface area contributed by atoms with E-state index in [4.69, 9.17) is 4.74 Å². The van der Waals surface area contributed by atoms with Gasteiger partial charge in [0.1, 0.15) is 11.5 Å². The van der Waals surface area contributed by atoms with Gasteiger partial charge in [0.25, 0.3) is 0 Å². The SMILES string of the molecule is CCC(Br)C1Nc2ccc(O)cc2O1. The number of ether oxygens (including phenoxy) is 1. The molecular formula is C10H12BrNO2. The Bertz CT molecular complexity index is 343. The summed E-state index contributed by atoms with van der Waals surface area (Å²) < 4.78 is 5.62. The molecule has 1 aliphatic heterocycles. The average Bonchev–Trinajstić information content (AvgIpc) is 2.59. The van der Waals surface area contributed by atoms with Gasteiger partial charge in [0.2, 0.25) is 0 Å². The molecule has 1 aliphatic rings. The second kappa shape index (κ2) is 3.69. The van der Waals surface area contributed by atoms with Crippen LogP contribution in [-0.4, -0.2) is 16.2 Å². The van der Waals surface area contributed by atoms with Crippen LogP contribution in [0, 0.1) is 0 Å². The summed E-state index contributed by atoms with van der Waals surface area (Å²) in [4.78, 5) is 0.275. The Kier molecular flexibility index (Phi) is 2.54. The van der Waals surface area contributed by atoms with Crippen molar-refractivity contribution in [2.45, 2.75) is 24.4 Å². The summed E-state index contributed by atoms with van der Waals surface area (Å²) in [7, 11) is 0.